The lowest BCUT2D eigenvalue weighted by Crippen LogP contribution is -2.50. The fourth-order valence-corrected chi connectivity index (χ4v) is 7.80. The van der Waals surface area contributed by atoms with Crippen LogP contribution < -0.4 is 11.4 Å². The number of rotatable bonds is 8. The number of nitrogens with zero attached hydrogens (tertiary/aromatic N) is 5. The summed E-state index contributed by atoms with van der Waals surface area (Å²) in [6.45, 7) is 3.92. The van der Waals surface area contributed by atoms with E-state index in [0.29, 0.717) is 50.9 Å². The summed E-state index contributed by atoms with van der Waals surface area (Å²) in [5.41, 5.74) is 4.73. The van der Waals surface area contributed by atoms with E-state index in [2.05, 4.69) is 15.0 Å². The molecule has 0 spiro atoms. The third-order valence-corrected chi connectivity index (χ3v) is 10.6. The predicted molar refractivity (Wildman–Crippen MR) is 181 cm³/mol. The average Bonchev–Trinajstić information content (AvgIpc) is 3.51. The first-order chi connectivity index (χ1) is 23.5. The van der Waals surface area contributed by atoms with Gasteiger partial charge in [0.15, 0.2) is 5.82 Å². The number of halogens is 4. The van der Waals surface area contributed by atoms with Crippen molar-refractivity contribution < 1.29 is 22.8 Å². The summed E-state index contributed by atoms with van der Waals surface area (Å²) in [4.78, 5) is 49.3. The van der Waals surface area contributed by atoms with Crippen molar-refractivity contribution in [3.8, 4) is 11.4 Å². The van der Waals surface area contributed by atoms with Crippen LogP contribution in [0.25, 0.3) is 11.4 Å². The Morgan fingerprint density at radius 3 is 2.20 bits per heavy atom. The molecular formula is C35H43ClF3N7O3. The van der Waals surface area contributed by atoms with Crippen molar-refractivity contribution in [3.63, 3.8) is 0 Å². The number of piperidine rings is 3. The van der Waals surface area contributed by atoms with Crippen LogP contribution in [0.2, 0.25) is 5.02 Å². The standard InChI is InChI=1S/C35H43ClF3N7O3/c36-29-21-23(20-28(31(29)40)35(37,38)39)19-25(33(48)45-17-9-26(10-18-45)43-13-5-2-6-14-43)22-30(47)44-15-11-27(12-16-44)46-34(49)41-32(42-46)24-7-3-1-4-8-24/h1,3-4,7-8,20-21,25-27H,2,5-6,9-19,22,40H2,(H,41,42,49)/t25-/m0/s1. The van der Waals surface area contributed by atoms with Crippen LogP contribution in [0.15, 0.2) is 47.3 Å². The van der Waals surface area contributed by atoms with Gasteiger partial charge in [-0.25, -0.2) is 9.48 Å². The minimum Gasteiger partial charge on any atom is -0.397 e. The summed E-state index contributed by atoms with van der Waals surface area (Å²) >= 11 is 6.13. The minimum atomic E-state index is -4.72. The molecule has 49 heavy (non-hydrogen) atoms. The van der Waals surface area contributed by atoms with Crippen LogP contribution in [-0.4, -0.2) is 86.6 Å². The van der Waals surface area contributed by atoms with E-state index in [9.17, 15) is 27.6 Å². The molecule has 0 bridgehead atoms. The van der Waals surface area contributed by atoms with Gasteiger partial charge in [0.05, 0.1) is 28.2 Å². The van der Waals surface area contributed by atoms with Gasteiger partial charge in [-0.3, -0.25) is 14.6 Å². The molecular weight excluding hydrogens is 659 g/mol. The van der Waals surface area contributed by atoms with E-state index in [1.54, 1.807) is 9.80 Å². The number of nitrogens with two attached hydrogens (primary N) is 1. The van der Waals surface area contributed by atoms with Gasteiger partial charge < -0.3 is 20.4 Å². The van der Waals surface area contributed by atoms with Crippen LogP contribution in [0, 0.1) is 5.92 Å². The molecule has 3 aromatic rings. The smallest absolute Gasteiger partial charge is 0.397 e. The third-order valence-electron chi connectivity index (χ3n) is 10.3. The van der Waals surface area contributed by atoms with Gasteiger partial charge in [0.25, 0.3) is 0 Å². The van der Waals surface area contributed by atoms with Crippen molar-refractivity contribution in [1.82, 2.24) is 29.5 Å². The van der Waals surface area contributed by atoms with Gasteiger partial charge in [-0.2, -0.15) is 13.2 Å². The first kappa shape index (κ1) is 35.0. The highest BCUT2D eigenvalue weighted by molar-refractivity contribution is 6.33. The zero-order valence-corrected chi connectivity index (χ0v) is 28.2. The molecule has 0 unspecified atom stereocenters. The Morgan fingerprint density at radius 2 is 1.55 bits per heavy atom. The summed E-state index contributed by atoms with van der Waals surface area (Å²) < 4.78 is 42.8. The van der Waals surface area contributed by atoms with Crippen molar-refractivity contribution >= 4 is 29.1 Å². The lowest BCUT2D eigenvalue weighted by Gasteiger charge is -2.41. The predicted octanol–water partition coefficient (Wildman–Crippen LogP) is 5.38. The van der Waals surface area contributed by atoms with Crippen LogP contribution in [0.3, 0.4) is 0 Å². The largest absolute Gasteiger partial charge is 0.418 e. The van der Waals surface area contributed by atoms with Crippen molar-refractivity contribution in [1.29, 1.82) is 0 Å². The molecule has 264 valence electrons. The Kier molecular flexibility index (Phi) is 10.7. The van der Waals surface area contributed by atoms with Crippen LogP contribution in [0.5, 0.6) is 0 Å². The number of hydrogen-bond donors (Lipinski definition) is 2. The molecule has 2 aromatic carbocycles. The molecule has 1 atom stereocenters. The van der Waals surface area contributed by atoms with Gasteiger partial charge in [-0.1, -0.05) is 48.4 Å². The second-order valence-corrected chi connectivity index (χ2v) is 13.9. The maximum atomic E-state index is 14.0. The fraction of sp³-hybridized carbons (Fsp3) is 0.543. The van der Waals surface area contributed by atoms with E-state index in [1.807, 2.05) is 30.3 Å². The third kappa shape index (κ3) is 8.15. The Hall–Kier alpha value is -3.84. The number of carbonyl (C=O) groups is 2. The molecule has 0 saturated carbocycles. The van der Waals surface area contributed by atoms with Gasteiger partial charge in [-0.15, -0.1) is 5.10 Å². The lowest BCUT2D eigenvalue weighted by molar-refractivity contribution is -0.143. The minimum absolute atomic E-state index is 0.0822. The summed E-state index contributed by atoms with van der Waals surface area (Å²) in [7, 11) is 0. The van der Waals surface area contributed by atoms with Crippen molar-refractivity contribution in [2.45, 2.75) is 76.0 Å². The monoisotopic (exact) mass is 701 g/mol. The summed E-state index contributed by atoms with van der Waals surface area (Å²) in [6, 6.07) is 11.8. The quantitative estimate of drug-likeness (QED) is 0.305. The van der Waals surface area contributed by atoms with Gasteiger partial charge in [0.1, 0.15) is 0 Å². The molecule has 1 aromatic heterocycles. The molecule has 3 aliphatic rings. The number of hydrogen-bond acceptors (Lipinski definition) is 6. The number of H-pyrrole nitrogens is 1. The zero-order valence-electron chi connectivity index (χ0n) is 27.4. The molecule has 10 nitrogen and oxygen atoms in total. The van der Waals surface area contributed by atoms with Crippen LogP contribution in [0.1, 0.15) is 68.5 Å². The number of carbonyl (C=O) groups excluding carboxylic acids is 2. The molecule has 3 N–H and O–H groups in total. The van der Waals surface area contributed by atoms with E-state index in [0.717, 1.165) is 37.6 Å². The molecule has 4 heterocycles. The molecule has 3 fully saturated rings. The summed E-state index contributed by atoms with van der Waals surface area (Å²) in [5, 5.41) is 4.27. The second kappa shape index (κ2) is 15.0. The van der Waals surface area contributed by atoms with Gasteiger partial charge in [0.2, 0.25) is 11.8 Å². The van der Waals surface area contributed by atoms with Gasteiger partial charge in [-0.05, 0) is 75.7 Å². The maximum Gasteiger partial charge on any atom is 0.418 e. The van der Waals surface area contributed by atoms with E-state index >= 15 is 0 Å². The number of nitrogen functional groups attached to an aromatic ring is 1. The van der Waals surface area contributed by atoms with E-state index in [4.69, 9.17) is 17.3 Å². The second-order valence-electron chi connectivity index (χ2n) is 13.5. The molecule has 0 aliphatic carbocycles. The Labute approximate surface area is 288 Å². The topological polar surface area (TPSA) is 121 Å². The van der Waals surface area contributed by atoms with Crippen LogP contribution in [0.4, 0.5) is 18.9 Å². The average molecular weight is 702 g/mol. The number of aromatic nitrogens is 3. The van der Waals surface area contributed by atoms with Crippen LogP contribution >= 0.6 is 11.6 Å². The van der Waals surface area contributed by atoms with E-state index < -0.39 is 23.3 Å². The molecule has 14 heteroatoms. The highest BCUT2D eigenvalue weighted by Gasteiger charge is 2.37. The number of nitrogens with one attached hydrogen (secondary N) is 1. The first-order valence-electron chi connectivity index (χ1n) is 17.2. The highest BCUT2D eigenvalue weighted by atomic mass is 35.5. The number of anilines is 1. The number of alkyl halides is 3. The zero-order chi connectivity index (χ0) is 34.7. The Balaban J connectivity index is 1.14. The summed E-state index contributed by atoms with van der Waals surface area (Å²) in [6.07, 6.45) is 1.28. The normalized spacial score (nSPS) is 19.3. The number of aromatic amines is 1. The molecule has 3 aliphatic heterocycles. The Bertz CT molecular complexity index is 1670. The van der Waals surface area contributed by atoms with Crippen LogP contribution in [-0.2, 0) is 22.2 Å². The fourth-order valence-electron chi connectivity index (χ4n) is 7.56. The van der Waals surface area contributed by atoms with E-state index in [-0.39, 0.29) is 47.0 Å². The van der Waals surface area contributed by atoms with Gasteiger partial charge in [0, 0.05) is 44.2 Å². The Morgan fingerprint density at radius 1 is 0.918 bits per heavy atom. The number of amides is 2. The number of likely N-dealkylation sites (tertiary alicyclic amines) is 3. The SMILES string of the molecule is Nc1c(Cl)cc(C[C@@H](CC(=O)N2CCC(n3nc(-c4ccccc4)[nH]c3=O)CC2)C(=O)N2CCC(N3CCCCC3)CC2)cc1C(F)(F)F. The molecule has 3 saturated heterocycles. The lowest BCUT2D eigenvalue weighted by atomic mass is 9.91. The van der Waals surface area contributed by atoms with Crippen molar-refractivity contribution in [2.24, 2.45) is 5.92 Å². The van der Waals surface area contributed by atoms with Crippen molar-refractivity contribution in [3.05, 3.63) is 69.1 Å². The molecule has 0 radical (unpaired) electrons. The number of benzene rings is 2. The molecule has 2 amide bonds. The summed E-state index contributed by atoms with van der Waals surface area (Å²) in [5.74, 6) is -0.892. The van der Waals surface area contributed by atoms with Crippen molar-refractivity contribution in [2.75, 3.05) is 45.0 Å². The van der Waals surface area contributed by atoms with Gasteiger partial charge >= 0.3 is 11.9 Å². The highest BCUT2D eigenvalue weighted by Crippen LogP contribution is 2.38. The van der Waals surface area contributed by atoms with E-state index in [1.165, 1.54) is 30.0 Å². The first-order valence-corrected chi connectivity index (χ1v) is 17.6. The maximum absolute atomic E-state index is 14.0. The molecule has 6 rings (SSSR count).